The van der Waals surface area contributed by atoms with Crippen LogP contribution in [0.15, 0.2) is 48.7 Å². The first-order chi connectivity index (χ1) is 16.0. The Kier molecular flexibility index (Phi) is 6.05. The third kappa shape index (κ3) is 4.46. The van der Waals surface area contributed by atoms with E-state index in [-0.39, 0.29) is 30.4 Å². The van der Waals surface area contributed by atoms with Crippen molar-refractivity contribution in [3.05, 3.63) is 65.4 Å². The van der Waals surface area contributed by atoms with E-state index in [9.17, 15) is 23.5 Å². The molecule has 1 aliphatic heterocycles. The number of carbonyl (C=O) groups excluding carboxylic acids is 2. The molecule has 11 heteroatoms. The molecule has 0 radical (unpaired) electrons. The van der Waals surface area contributed by atoms with Gasteiger partial charge in [-0.15, -0.1) is 8.78 Å². The number of aliphatic hydroxyl groups is 1. The van der Waals surface area contributed by atoms with Crippen LogP contribution in [0.4, 0.5) is 14.5 Å². The van der Waals surface area contributed by atoms with Crippen molar-refractivity contribution in [3.63, 3.8) is 0 Å². The van der Waals surface area contributed by atoms with Crippen molar-refractivity contribution in [1.82, 2.24) is 15.1 Å². The van der Waals surface area contributed by atoms with Crippen molar-refractivity contribution in [1.29, 1.82) is 0 Å². The molecular weight excluding hydrogens is 470 g/mol. The van der Waals surface area contributed by atoms with Gasteiger partial charge < -0.3 is 20.1 Å². The fraction of sp³-hybridized carbons (Fsp3) is 0.261. The second-order valence-electron chi connectivity index (χ2n) is 8.18. The zero-order valence-corrected chi connectivity index (χ0v) is 19.0. The summed E-state index contributed by atoms with van der Waals surface area (Å²) < 4.78 is 29.8. The first kappa shape index (κ1) is 23.7. The number of amides is 2. The number of aromatic amines is 1. The lowest BCUT2D eigenvalue weighted by Crippen LogP contribution is -2.41. The fourth-order valence-electron chi connectivity index (χ4n) is 4.18. The van der Waals surface area contributed by atoms with E-state index in [1.807, 2.05) is 13.8 Å². The summed E-state index contributed by atoms with van der Waals surface area (Å²) in [6.45, 7) is 3.69. The number of ether oxygens (including phenoxy) is 1. The van der Waals surface area contributed by atoms with Crippen LogP contribution in [-0.4, -0.2) is 50.7 Å². The van der Waals surface area contributed by atoms with E-state index in [1.165, 1.54) is 30.3 Å². The summed E-state index contributed by atoms with van der Waals surface area (Å²) in [6, 6.07) is 10.2. The Labute approximate surface area is 198 Å². The number of anilines is 1. The van der Waals surface area contributed by atoms with Gasteiger partial charge in [0.2, 0.25) is 0 Å². The van der Waals surface area contributed by atoms with E-state index in [4.69, 9.17) is 11.6 Å². The van der Waals surface area contributed by atoms with Gasteiger partial charge >= 0.3 is 5.57 Å². The van der Waals surface area contributed by atoms with Crippen molar-refractivity contribution in [2.75, 3.05) is 18.5 Å². The van der Waals surface area contributed by atoms with Crippen LogP contribution < -0.4 is 10.1 Å². The molecule has 1 aliphatic rings. The molecule has 3 aromatic rings. The Morgan fingerprint density at radius 3 is 2.50 bits per heavy atom. The molecule has 0 fully saturated rings. The number of H-pyrrole nitrogens is 1. The molecule has 0 bridgehead atoms. The molecule has 2 amide bonds. The summed E-state index contributed by atoms with van der Waals surface area (Å²) in [5.74, 6) is -0.979. The number of carbonyl (C=O) groups is 2. The Bertz CT molecular complexity index is 1230. The van der Waals surface area contributed by atoms with Gasteiger partial charge in [-0.3, -0.25) is 14.7 Å². The number of nitrogens with one attached hydrogen (secondary N) is 2. The molecule has 0 saturated carbocycles. The maximum Gasteiger partial charge on any atom is 0.487 e. The molecular formula is C23H21ClF2N4O4. The minimum atomic E-state index is -3.84. The average molecular weight is 491 g/mol. The molecule has 4 rings (SSSR count). The number of halogens is 3. The molecule has 2 heterocycles. The minimum absolute atomic E-state index is 0.139. The SMILES string of the molecule is CC1(C)c2c(cc(C(=O)Nc3ccc(OC(F)(F)Cl)cc3)cc2-c2ccn[nH]2)C(=O)N1CCO. The molecule has 1 aromatic heterocycles. The van der Waals surface area contributed by atoms with E-state index in [2.05, 4.69) is 20.3 Å². The quantitative estimate of drug-likeness (QED) is 0.431. The Morgan fingerprint density at radius 2 is 1.91 bits per heavy atom. The molecule has 34 heavy (non-hydrogen) atoms. The summed E-state index contributed by atoms with van der Waals surface area (Å²) in [4.78, 5) is 27.8. The number of β-amino-alcohol motifs (C(OH)–C–C–N with tert-alkyl or cyclic N) is 1. The number of fused-ring (bicyclic) bond motifs is 1. The molecule has 0 aliphatic carbocycles. The number of hydrogen-bond donors (Lipinski definition) is 3. The van der Waals surface area contributed by atoms with E-state index >= 15 is 0 Å². The predicted molar refractivity (Wildman–Crippen MR) is 121 cm³/mol. The van der Waals surface area contributed by atoms with Gasteiger partial charge in [0.15, 0.2) is 0 Å². The molecule has 0 atom stereocenters. The fourth-order valence-corrected chi connectivity index (χ4v) is 4.27. The molecule has 3 N–H and O–H groups in total. The minimum Gasteiger partial charge on any atom is -0.420 e. The van der Waals surface area contributed by atoms with Crippen molar-refractivity contribution < 1.29 is 28.2 Å². The van der Waals surface area contributed by atoms with Crippen molar-refractivity contribution in [3.8, 4) is 17.0 Å². The van der Waals surface area contributed by atoms with Gasteiger partial charge in [-0.1, -0.05) is 0 Å². The number of aromatic nitrogens is 2. The van der Waals surface area contributed by atoms with Gasteiger partial charge in [0, 0.05) is 46.7 Å². The molecule has 0 unspecified atom stereocenters. The van der Waals surface area contributed by atoms with Crippen molar-refractivity contribution in [2.45, 2.75) is 25.0 Å². The van der Waals surface area contributed by atoms with Crippen LogP contribution in [0.2, 0.25) is 0 Å². The number of nitrogens with zero attached hydrogens (tertiary/aromatic N) is 2. The van der Waals surface area contributed by atoms with Crippen LogP contribution in [0.5, 0.6) is 5.75 Å². The second kappa shape index (κ2) is 8.69. The van der Waals surface area contributed by atoms with E-state index in [0.29, 0.717) is 22.5 Å². The number of aliphatic hydroxyl groups excluding tert-OH is 1. The van der Waals surface area contributed by atoms with Gasteiger partial charge in [0.1, 0.15) is 5.75 Å². The number of rotatable bonds is 7. The number of benzene rings is 2. The monoisotopic (exact) mass is 490 g/mol. The van der Waals surface area contributed by atoms with Crippen LogP contribution in [0.1, 0.15) is 40.1 Å². The third-order valence-corrected chi connectivity index (χ3v) is 5.70. The third-order valence-electron chi connectivity index (χ3n) is 5.62. The smallest absolute Gasteiger partial charge is 0.420 e. The highest BCUT2D eigenvalue weighted by Crippen LogP contribution is 2.44. The molecule has 8 nitrogen and oxygen atoms in total. The summed E-state index contributed by atoms with van der Waals surface area (Å²) in [6.07, 6.45) is 1.57. The lowest BCUT2D eigenvalue weighted by Gasteiger charge is -2.33. The first-order valence-corrected chi connectivity index (χ1v) is 10.7. The van der Waals surface area contributed by atoms with Crippen LogP contribution in [0.25, 0.3) is 11.3 Å². The highest BCUT2D eigenvalue weighted by Gasteiger charge is 2.45. The largest absolute Gasteiger partial charge is 0.487 e. The highest BCUT2D eigenvalue weighted by molar-refractivity contribution is 6.20. The maximum atomic E-state index is 13.2. The zero-order chi connectivity index (χ0) is 24.7. The van der Waals surface area contributed by atoms with E-state index in [0.717, 1.165) is 5.56 Å². The predicted octanol–water partition coefficient (Wildman–Crippen LogP) is 4.18. The summed E-state index contributed by atoms with van der Waals surface area (Å²) in [5, 5.41) is 19.0. The van der Waals surface area contributed by atoms with Crippen LogP contribution in [0, 0.1) is 0 Å². The van der Waals surface area contributed by atoms with Crippen LogP contribution in [-0.2, 0) is 5.54 Å². The van der Waals surface area contributed by atoms with Crippen LogP contribution >= 0.6 is 11.6 Å². The second-order valence-corrected chi connectivity index (χ2v) is 8.62. The summed E-state index contributed by atoms with van der Waals surface area (Å²) in [5.41, 5.74) is -1.71. The average Bonchev–Trinajstić information content (AvgIpc) is 3.36. The number of hydrogen-bond acceptors (Lipinski definition) is 5. The van der Waals surface area contributed by atoms with Crippen LogP contribution in [0.3, 0.4) is 0 Å². The topological polar surface area (TPSA) is 108 Å². The molecule has 178 valence electrons. The van der Waals surface area contributed by atoms with Gasteiger partial charge in [-0.05, 0) is 61.9 Å². The molecule has 2 aromatic carbocycles. The highest BCUT2D eigenvalue weighted by atomic mass is 35.5. The molecule has 0 saturated heterocycles. The zero-order valence-electron chi connectivity index (χ0n) is 18.2. The van der Waals surface area contributed by atoms with Gasteiger partial charge in [0.05, 0.1) is 17.8 Å². The molecule has 0 spiro atoms. The summed E-state index contributed by atoms with van der Waals surface area (Å²) >= 11 is 4.76. The van der Waals surface area contributed by atoms with Gasteiger partial charge in [-0.25, -0.2) is 0 Å². The Hall–Kier alpha value is -3.50. The standard InChI is InChI=1S/C23H21ClF2N4O4/c1-22(2)19-16(18-7-8-27-29-18)11-13(12-17(19)21(33)30(22)9-10-31)20(32)28-14-3-5-15(6-4-14)34-23(24,25)26/h3-8,11-12,31H,9-10H2,1-2H3,(H,27,29)(H,28,32). The number of alkyl halides is 3. The van der Waals surface area contributed by atoms with Crippen molar-refractivity contribution in [2.24, 2.45) is 0 Å². The maximum absolute atomic E-state index is 13.2. The lowest BCUT2D eigenvalue weighted by molar-refractivity contribution is -0.0964. The first-order valence-electron chi connectivity index (χ1n) is 10.3. The van der Waals surface area contributed by atoms with Crippen molar-refractivity contribution >= 4 is 29.1 Å². The summed E-state index contributed by atoms with van der Waals surface area (Å²) in [7, 11) is 0. The Balaban J connectivity index is 1.70. The van der Waals surface area contributed by atoms with Gasteiger partial charge in [0.25, 0.3) is 11.8 Å². The lowest BCUT2D eigenvalue weighted by atomic mass is 9.86. The normalized spacial score (nSPS) is 14.8. The van der Waals surface area contributed by atoms with Gasteiger partial charge in [-0.2, -0.15) is 5.10 Å². The van der Waals surface area contributed by atoms with E-state index in [1.54, 1.807) is 23.2 Å². The Morgan fingerprint density at radius 1 is 1.24 bits per heavy atom. The van der Waals surface area contributed by atoms with E-state index < -0.39 is 17.0 Å².